The number of carboxylic acid groups (broad SMARTS) is 1. The second-order valence-electron chi connectivity index (χ2n) is 16.8. The molecule has 358 valence electrons. The van der Waals surface area contributed by atoms with Gasteiger partial charge in [-0.25, -0.2) is 50.8 Å². The quantitative estimate of drug-likeness (QED) is 0.168. The minimum Gasteiger partial charge on any atom is -1.00 e. The van der Waals surface area contributed by atoms with E-state index in [4.69, 9.17) is 19.7 Å². The van der Waals surface area contributed by atoms with Gasteiger partial charge in [0.25, 0.3) is 15.9 Å². The van der Waals surface area contributed by atoms with Crippen LogP contribution in [0.3, 0.4) is 0 Å². The number of aryl methyl sites for hydroxylation is 6. The van der Waals surface area contributed by atoms with Crippen molar-refractivity contribution < 1.29 is 47.1 Å². The fourth-order valence-electron chi connectivity index (χ4n) is 5.35. The van der Waals surface area contributed by atoms with Crippen molar-refractivity contribution in [3.05, 3.63) is 95.1 Å². The molecule has 4 N–H and O–H groups in total. The summed E-state index contributed by atoms with van der Waals surface area (Å²) in [5.41, 5.74) is 1.93. The lowest BCUT2D eigenvalue weighted by Gasteiger charge is -2.17. The molecule has 0 aliphatic rings. The number of rotatable bonds is 11. The summed E-state index contributed by atoms with van der Waals surface area (Å²) in [6, 6.07) is 9.73. The smallest absolute Gasteiger partial charge is 0.337 e. The summed E-state index contributed by atoms with van der Waals surface area (Å²) in [7, 11) is -4.41. The molecule has 0 aliphatic heterocycles. The van der Waals surface area contributed by atoms with Gasteiger partial charge in [0.1, 0.15) is 9.79 Å². The Morgan fingerprint density at radius 1 is 0.677 bits per heavy atom. The average molecular weight is 948 g/mol. The first kappa shape index (κ1) is 54.6. The summed E-state index contributed by atoms with van der Waals surface area (Å²) in [6.07, 6.45) is 6.16. The van der Waals surface area contributed by atoms with E-state index in [-0.39, 0.29) is 45.3 Å². The Labute approximate surface area is 380 Å². The number of pyridine rings is 2. The molecule has 0 bridgehead atoms. The lowest BCUT2D eigenvalue weighted by atomic mass is 9.99. The molecule has 0 aliphatic carbocycles. The highest BCUT2D eigenvalue weighted by molar-refractivity contribution is 7.90. The predicted molar refractivity (Wildman–Crippen MR) is 239 cm³/mol. The first-order valence-corrected chi connectivity index (χ1v) is 22.2. The number of nitrogens with one attached hydrogen (secondary N) is 1. The minimum atomic E-state index is -4.06. The number of aromatic nitrogens is 10. The Balaban J connectivity index is 0.000000538. The van der Waals surface area contributed by atoms with Crippen LogP contribution in [0.1, 0.15) is 93.9 Å². The third-order valence-electron chi connectivity index (χ3n) is 8.28. The molecule has 6 aromatic rings. The summed E-state index contributed by atoms with van der Waals surface area (Å²) >= 11 is 0. The molecule has 0 spiro atoms. The van der Waals surface area contributed by atoms with E-state index in [2.05, 4.69) is 76.6 Å². The maximum atomic E-state index is 12.6. The van der Waals surface area contributed by atoms with Crippen LogP contribution in [0.4, 0.5) is 0 Å². The molecule has 6 rings (SSSR count). The van der Waals surface area contributed by atoms with Gasteiger partial charge in [0.2, 0.25) is 21.8 Å². The second-order valence-corrected chi connectivity index (χ2v) is 20.0. The fraction of sp³-hybridized carbons (Fsp3) is 0.415. The highest BCUT2D eigenvalue weighted by atomic mass is 32.2. The minimum absolute atomic E-state index is 0. The zero-order chi connectivity index (χ0) is 47.2. The number of primary sulfonamides is 1. The van der Waals surface area contributed by atoms with Crippen LogP contribution in [0.5, 0.6) is 11.8 Å². The number of aromatic carboxylic acids is 1. The zero-order valence-corrected chi connectivity index (χ0v) is 39.3. The van der Waals surface area contributed by atoms with Crippen molar-refractivity contribution in [1.82, 2.24) is 53.8 Å². The van der Waals surface area contributed by atoms with Gasteiger partial charge in [0.05, 0.1) is 47.1 Å². The molecule has 0 radical (unpaired) electrons. The SMILES string of the molecule is C.Cc1nc(-n2ccc(OCC(C)(C)C)n2)ccc1C(=O)NS(=O)(=O)c1cn(C)nc1C.Cc1nc(-n2ccc(OCC(C)(C)C)n2)ccc1C(=O)O.Cc1nn(C)cc1S(N)(=O)=O.[2H-].[F-]. The van der Waals surface area contributed by atoms with Gasteiger partial charge in [-0.2, -0.15) is 10.2 Å². The van der Waals surface area contributed by atoms with Crippen LogP contribution in [-0.4, -0.2) is 96.1 Å². The molecule has 65 heavy (non-hydrogen) atoms. The summed E-state index contributed by atoms with van der Waals surface area (Å²) in [4.78, 5) is 32.2. The molecule has 6 aromatic heterocycles. The van der Waals surface area contributed by atoms with E-state index in [1.165, 1.54) is 38.6 Å². The summed E-state index contributed by atoms with van der Waals surface area (Å²) < 4.78 is 65.9. The van der Waals surface area contributed by atoms with Crippen molar-refractivity contribution in [2.45, 2.75) is 86.5 Å². The molecule has 0 aromatic carbocycles. The summed E-state index contributed by atoms with van der Waals surface area (Å²) in [5.74, 6) is 0.269. The molecule has 0 fully saturated rings. The third-order valence-corrected chi connectivity index (χ3v) is 10.7. The van der Waals surface area contributed by atoms with Crippen molar-refractivity contribution in [2.24, 2.45) is 30.1 Å². The van der Waals surface area contributed by atoms with E-state index >= 15 is 0 Å². The van der Waals surface area contributed by atoms with Crippen LogP contribution in [0.15, 0.2) is 71.0 Å². The van der Waals surface area contributed by atoms with E-state index in [1.54, 1.807) is 83.1 Å². The first-order chi connectivity index (χ1) is 29.0. The van der Waals surface area contributed by atoms with E-state index in [0.29, 0.717) is 59.4 Å². The molecule has 0 unspecified atom stereocenters. The van der Waals surface area contributed by atoms with Gasteiger partial charge in [-0.3, -0.25) is 14.2 Å². The first-order valence-electron chi connectivity index (χ1n) is 19.2. The van der Waals surface area contributed by atoms with Gasteiger partial charge in [0.15, 0.2) is 11.6 Å². The highest BCUT2D eigenvalue weighted by Gasteiger charge is 2.25. The van der Waals surface area contributed by atoms with Crippen LogP contribution in [0, 0.1) is 38.5 Å². The Morgan fingerprint density at radius 2 is 1.08 bits per heavy atom. The Bertz CT molecular complexity index is 2830. The average Bonchev–Trinajstić information content (AvgIpc) is 3.96. The number of amides is 1. The molecular weight excluding hydrogens is 888 g/mol. The predicted octanol–water partition coefficient (Wildman–Crippen LogP) is 1.99. The second kappa shape index (κ2) is 21.4. The van der Waals surface area contributed by atoms with Gasteiger partial charge >= 0.3 is 5.97 Å². The van der Waals surface area contributed by atoms with Crippen LogP contribution in [-0.2, 0) is 34.1 Å². The monoisotopic (exact) mass is 947 g/mol. The fourth-order valence-corrected chi connectivity index (χ4v) is 7.29. The van der Waals surface area contributed by atoms with Crippen LogP contribution in [0.2, 0.25) is 0 Å². The molecule has 21 nitrogen and oxygen atoms in total. The van der Waals surface area contributed by atoms with Crippen molar-refractivity contribution in [1.29, 1.82) is 0 Å². The number of sulfonamides is 2. The van der Waals surface area contributed by atoms with Crippen molar-refractivity contribution in [3.8, 4) is 23.4 Å². The summed E-state index contributed by atoms with van der Waals surface area (Å²) in [6.45, 7) is 20.0. The third kappa shape index (κ3) is 15.6. The maximum Gasteiger partial charge on any atom is 0.337 e. The van der Waals surface area contributed by atoms with Crippen LogP contribution < -0.4 is 24.0 Å². The standard InChI is InChI=1S/C20H26N6O4S.C15H19N3O3.C5H9N3O2S.CH4.FH.H/c1-13-15(19(27)24-31(28,29)16-11-25(6)22-14(16)2)7-8-17(21-13)26-10-9-18(23-26)30-12-20(3,4)5;1-10-11(14(19)20)5-6-12(16-10)18-8-7-13(17-18)21-9-15(2,3)4;1-4-5(11(6,9)10)3-8(2)7-4;;;/h7-11H,12H2,1-6H3,(H,24,27);5-8H,9H2,1-4H3,(H,19,20);3H,1-2H3,(H2,6,9,10);1H4;1H;/q;;;;;-1/p-1/i;;;;;1+1. The highest BCUT2D eigenvalue weighted by Crippen LogP contribution is 2.20. The number of hydrogen-bond acceptors (Lipinski definition) is 14. The van der Waals surface area contributed by atoms with Gasteiger partial charge < -0.3 is 20.7 Å². The van der Waals surface area contributed by atoms with Crippen molar-refractivity contribution in [3.63, 3.8) is 0 Å². The molecular formula is C41H59FN12O9S2-2. The molecule has 0 saturated carbocycles. The van der Waals surface area contributed by atoms with Crippen molar-refractivity contribution in [2.75, 3.05) is 13.2 Å². The van der Waals surface area contributed by atoms with Gasteiger partial charge in [-0.1, -0.05) is 49.0 Å². The normalized spacial score (nSPS) is 11.5. The summed E-state index contributed by atoms with van der Waals surface area (Å²) in [5, 5.41) is 30.3. The number of nitrogens with zero attached hydrogens (tertiary/aromatic N) is 10. The van der Waals surface area contributed by atoms with Gasteiger partial charge in [0, 0.05) is 51.0 Å². The number of carboxylic acids is 1. The number of halogens is 1. The molecule has 0 atom stereocenters. The van der Waals surface area contributed by atoms with Crippen LogP contribution >= 0.6 is 0 Å². The van der Waals surface area contributed by atoms with Gasteiger partial charge in [-0.15, -0.1) is 10.2 Å². The number of carbonyl (C=O) groups is 2. The van der Waals surface area contributed by atoms with E-state index in [0.717, 1.165) is 0 Å². The van der Waals surface area contributed by atoms with E-state index in [9.17, 15) is 26.4 Å². The zero-order valence-electron chi connectivity index (χ0n) is 38.6. The molecule has 6 heterocycles. The molecule has 1 amide bonds. The van der Waals surface area contributed by atoms with Gasteiger partial charge in [-0.05, 0) is 62.8 Å². The van der Waals surface area contributed by atoms with Crippen LogP contribution in [0.25, 0.3) is 11.6 Å². The lowest BCUT2D eigenvalue weighted by molar-refractivity contribution is -0.0000447. The van der Waals surface area contributed by atoms with Crippen molar-refractivity contribution >= 4 is 31.9 Å². The lowest BCUT2D eigenvalue weighted by Crippen LogP contribution is -3.00. The number of nitrogens with two attached hydrogens (primary N) is 1. The Morgan fingerprint density at radius 3 is 1.40 bits per heavy atom. The van der Waals surface area contributed by atoms with E-state index in [1.807, 2.05) is 0 Å². The number of hydrogen-bond donors (Lipinski definition) is 3. The molecule has 0 saturated heterocycles. The largest absolute Gasteiger partial charge is 1.00 e. The Kier molecular flexibility index (Phi) is 18.0. The topological polar surface area (TPSA) is 276 Å². The molecule has 24 heteroatoms. The Hall–Kier alpha value is -6.53. The van der Waals surface area contributed by atoms with E-state index < -0.39 is 31.9 Å². The number of carbonyl (C=O) groups excluding carboxylic acids is 1. The number of ether oxygens (including phenoxy) is 2. The maximum absolute atomic E-state index is 12.6.